The van der Waals surface area contributed by atoms with Crippen LogP contribution < -0.4 is 10.3 Å². The Kier molecular flexibility index (Phi) is 9.09. The molecular formula is C45H29Cl2F4N5O6. The highest BCUT2D eigenvalue weighted by Crippen LogP contribution is 2.65. The highest BCUT2D eigenvalue weighted by Gasteiger charge is 2.71. The molecule has 4 heterocycles. The van der Waals surface area contributed by atoms with Crippen LogP contribution >= 0.6 is 23.2 Å². The van der Waals surface area contributed by atoms with Crippen LogP contribution in [0.15, 0.2) is 119 Å². The number of pyridine rings is 1. The predicted molar refractivity (Wildman–Crippen MR) is 217 cm³/mol. The lowest BCUT2D eigenvalue weighted by atomic mass is 9.49. The number of allylic oxidation sites excluding steroid dienone is 2. The molecule has 6 atom stereocenters. The first kappa shape index (κ1) is 39.5. The standard InChI is InChI=1S/C45H29Cl2F4N5O6/c46-24-12-10-22(11-13-24)44-30(41(59)56(43(44)61)54-38-31(47)18-23(20-52-38)45(49,50)51)19-29-26(36(44)28-4-3-5-32(48)37(28)57)16-17-27-35(29)42(60)55(40(27)58)25-14-8-21(9-15-25)39-53-33-6-1-2-7-34(33)62-39/h1-16,18,20,27,29-30,35-36,57H,17,19H2,(H,52,54)/t27-,29+,30-,35-,36+,44+/m0/s1. The van der Waals surface area contributed by atoms with E-state index in [9.17, 15) is 32.7 Å². The van der Waals surface area contributed by atoms with Gasteiger partial charge >= 0.3 is 6.18 Å². The number of nitrogens with one attached hydrogen (secondary N) is 1. The van der Waals surface area contributed by atoms with Crippen molar-refractivity contribution in [2.75, 3.05) is 10.3 Å². The molecule has 6 aromatic rings. The zero-order valence-electron chi connectivity index (χ0n) is 31.7. The van der Waals surface area contributed by atoms with Crippen molar-refractivity contribution >= 4 is 69.4 Å². The van der Waals surface area contributed by atoms with E-state index in [1.54, 1.807) is 36.4 Å². The summed E-state index contributed by atoms with van der Waals surface area (Å²) in [5.74, 6) is -10.3. The summed E-state index contributed by atoms with van der Waals surface area (Å²) in [4.78, 5) is 68.7. The number of rotatable bonds is 6. The smallest absolute Gasteiger partial charge is 0.417 e. The van der Waals surface area contributed by atoms with Crippen LogP contribution in [0.2, 0.25) is 10.0 Å². The number of halogens is 6. The van der Waals surface area contributed by atoms with Gasteiger partial charge in [-0.25, -0.2) is 14.4 Å². The first-order valence-electron chi connectivity index (χ1n) is 19.3. The van der Waals surface area contributed by atoms with E-state index in [-0.39, 0.29) is 34.7 Å². The van der Waals surface area contributed by atoms with Crippen LogP contribution in [-0.4, -0.2) is 43.7 Å². The number of imide groups is 2. The first-order valence-corrected chi connectivity index (χ1v) is 20.1. The molecule has 2 saturated heterocycles. The number of fused-ring (bicyclic) bond motifs is 5. The molecule has 0 radical (unpaired) electrons. The Morgan fingerprint density at radius 1 is 0.871 bits per heavy atom. The van der Waals surface area contributed by atoms with Crippen LogP contribution in [0.4, 0.5) is 29.1 Å². The van der Waals surface area contributed by atoms with Crippen LogP contribution in [0.25, 0.3) is 22.6 Å². The van der Waals surface area contributed by atoms with E-state index in [0.29, 0.717) is 45.4 Å². The van der Waals surface area contributed by atoms with Gasteiger partial charge in [0.2, 0.25) is 17.7 Å². The quantitative estimate of drug-likeness (QED) is 0.0950. The third kappa shape index (κ3) is 5.85. The van der Waals surface area contributed by atoms with Crippen LogP contribution in [0.5, 0.6) is 5.75 Å². The van der Waals surface area contributed by atoms with Crippen molar-refractivity contribution in [2.24, 2.45) is 23.7 Å². The molecule has 2 aromatic heterocycles. The second-order valence-corrected chi connectivity index (χ2v) is 16.5. The number of phenolic OH excluding ortho intramolecular Hbond substituents is 1. The number of amides is 4. The molecule has 11 nitrogen and oxygen atoms in total. The SMILES string of the molecule is O=C1[C@@H]2C[C@@H]3C(=CC[C@@H]4C(=O)N(c5ccc(-c6nc7ccccc7o6)cc5)C(=O)[C@@H]43)[C@H](c3cccc(F)c3O)[C@]2(c2ccc(Cl)cc2)C(=O)N1Nc1ncc(C(F)(F)F)cc1Cl. The Morgan fingerprint density at radius 2 is 1.61 bits per heavy atom. The Balaban J connectivity index is 1.08. The minimum atomic E-state index is -4.80. The van der Waals surface area contributed by atoms with Gasteiger partial charge in [0.25, 0.3) is 11.8 Å². The minimum absolute atomic E-state index is 0.0295. The van der Waals surface area contributed by atoms with Crippen LogP contribution in [0.3, 0.4) is 0 Å². The number of hydrazine groups is 1. The number of phenols is 1. The van der Waals surface area contributed by atoms with Gasteiger partial charge in [-0.1, -0.05) is 71.2 Å². The van der Waals surface area contributed by atoms with Gasteiger partial charge in [0.1, 0.15) is 5.52 Å². The number of hydrogen-bond acceptors (Lipinski definition) is 9. The van der Waals surface area contributed by atoms with Gasteiger partial charge in [0.05, 0.1) is 39.4 Å². The highest BCUT2D eigenvalue weighted by atomic mass is 35.5. The molecule has 2 aliphatic heterocycles. The van der Waals surface area contributed by atoms with Crippen molar-refractivity contribution in [3.8, 4) is 17.2 Å². The topological polar surface area (TPSA) is 146 Å². The maximum Gasteiger partial charge on any atom is 0.417 e. The number of alkyl halides is 3. The van der Waals surface area contributed by atoms with Gasteiger partial charge in [-0.3, -0.25) is 29.5 Å². The third-order valence-corrected chi connectivity index (χ3v) is 13.1. The summed E-state index contributed by atoms with van der Waals surface area (Å²) in [5, 5.41) is 11.8. The molecule has 0 spiro atoms. The fourth-order valence-corrected chi connectivity index (χ4v) is 10.2. The second-order valence-electron chi connectivity index (χ2n) is 15.6. The Morgan fingerprint density at radius 3 is 2.32 bits per heavy atom. The van der Waals surface area contributed by atoms with Crippen LogP contribution in [0.1, 0.15) is 35.4 Å². The Bertz CT molecular complexity index is 2890. The number of anilines is 2. The van der Waals surface area contributed by atoms with Crippen molar-refractivity contribution in [3.05, 3.63) is 147 Å². The molecule has 0 unspecified atom stereocenters. The number of aromatic nitrogens is 2. The van der Waals surface area contributed by atoms with E-state index >= 15 is 9.18 Å². The third-order valence-electron chi connectivity index (χ3n) is 12.6. The molecule has 3 fully saturated rings. The summed E-state index contributed by atoms with van der Waals surface area (Å²) < 4.78 is 62.0. The van der Waals surface area contributed by atoms with E-state index in [4.69, 9.17) is 27.6 Å². The monoisotopic (exact) mass is 881 g/mol. The predicted octanol–water partition coefficient (Wildman–Crippen LogP) is 9.25. The molecule has 312 valence electrons. The molecular weight excluding hydrogens is 853 g/mol. The van der Waals surface area contributed by atoms with Crippen molar-refractivity contribution in [1.82, 2.24) is 15.0 Å². The van der Waals surface area contributed by atoms with Gasteiger partial charge in [-0.05, 0) is 85.0 Å². The molecule has 17 heteroatoms. The number of benzene rings is 4. The molecule has 62 heavy (non-hydrogen) atoms. The van der Waals surface area contributed by atoms with Crippen LogP contribution in [0, 0.1) is 29.5 Å². The molecule has 4 amide bonds. The average molecular weight is 883 g/mol. The van der Waals surface area contributed by atoms with Crippen molar-refractivity contribution in [3.63, 3.8) is 0 Å². The lowest BCUT2D eigenvalue weighted by Crippen LogP contribution is -2.53. The summed E-state index contributed by atoms with van der Waals surface area (Å²) >= 11 is 12.6. The van der Waals surface area contributed by atoms with Crippen molar-refractivity contribution < 1.29 is 46.3 Å². The Hall–Kier alpha value is -6.58. The zero-order chi connectivity index (χ0) is 43.4. The maximum absolute atomic E-state index is 15.5. The number of carbonyl (C=O) groups is 4. The number of aromatic hydroxyl groups is 1. The average Bonchev–Trinajstić information content (AvgIpc) is 3.87. The fraction of sp³-hybridized carbons (Fsp3) is 0.200. The number of para-hydroxylation sites is 3. The van der Waals surface area contributed by atoms with E-state index in [0.717, 1.165) is 11.0 Å². The first-order chi connectivity index (χ1) is 29.7. The molecule has 0 bridgehead atoms. The number of carbonyl (C=O) groups excluding carboxylic acids is 4. The van der Waals surface area contributed by atoms with Crippen LogP contribution in [-0.2, 0) is 30.8 Å². The molecule has 2 N–H and O–H groups in total. The van der Waals surface area contributed by atoms with Gasteiger partial charge < -0.3 is 9.52 Å². The van der Waals surface area contributed by atoms with E-state index in [1.165, 1.54) is 36.4 Å². The molecule has 2 aliphatic carbocycles. The van der Waals surface area contributed by atoms with Gasteiger partial charge in [0.15, 0.2) is 23.0 Å². The number of hydrogen-bond donors (Lipinski definition) is 2. The van der Waals surface area contributed by atoms with Crippen molar-refractivity contribution in [1.29, 1.82) is 0 Å². The highest BCUT2D eigenvalue weighted by molar-refractivity contribution is 6.33. The normalized spacial score (nSPS) is 24.6. The maximum atomic E-state index is 15.5. The lowest BCUT2D eigenvalue weighted by molar-refractivity contribution is -0.139. The largest absolute Gasteiger partial charge is 0.505 e. The summed E-state index contributed by atoms with van der Waals surface area (Å²) in [6.45, 7) is 0. The van der Waals surface area contributed by atoms with Gasteiger partial charge in [-0.2, -0.15) is 18.2 Å². The molecule has 10 rings (SSSR count). The molecule has 4 aromatic carbocycles. The lowest BCUT2D eigenvalue weighted by Gasteiger charge is -2.50. The fourth-order valence-electron chi connectivity index (χ4n) is 9.90. The van der Waals surface area contributed by atoms with E-state index in [1.807, 2.05) is 18.2 Å². The van der Waals surface area contributed by atoms with E-state index < -0.39 is 92.8 Å². The summed E-state index contributed by atoms with van der Waals surface area (Å²) in [6.07, 6.45) is -2.73. The summed E-state index contributed by atoms with van der Waals surface area (Å²) in [5.41, 5.74) is 2.11. The van der Waals surface area contributed by atoms with Crippen molar-refractivity contribution in [2.45, 2.75) is 30.4 Å². The van der Waals surface area contributed by atoms with Gasteiger partial charge in [-0.15, -0.1) is 0 Å². The number of nitrogens with zero attached hydrogens (tertiary/aromatic N) is 4. The summed E-state index contributed by atoms with van der Waals surface area (Å²) in [6, 6.07) is 24.2. The molecule has 4 aliphatic rings. The summed E-state index contributed by atoms with van der Waals surface area (Å²) in [7, 11) is 0. The zero-order valence-corrected chi connectivity index (χ0v) is 33.3. The molecule has 1 saturated carbocycles. The minimum Gasteiger partial charge on any atom is -0.505 e. The Labute approximate surface area is 358 Å². The number of oxazole rings is 1. The van der Waals surface area contributed by atoms with E-state index in [2.05, 4.69) is 15.4 Å². The van der Waals surface area contributed by atoms with Gasteiger partial charge in [0, 0.05) is 28.3 Å². The second kappa shape index (κ2) is 14.2.